The zero-order valence-corrected chi connectivity index (χ0v) is 12.5. The van der Waals surface area contributed by atoms with E-state index in [-0.39, 0.29) is 5.91 Å². The van der Waals surface area contributed by atoms with Crippen LogP contribution < -0.4 is 10.6 Å². The predicted octanol–water partition coefficient (Wildman–Crippen LogP) is 2.07. The number of rotatable bonds is 7. The summed E-state index contributed by atoms with van der Waals surface area (Å²) < 4.78 is 5.67. The van der Waals surface area contributed by atoms with Crippen LogP contribution in [0.3, 0.4) is 0 Å². The summed E-state index contributed by atoms with van der Waals surface area (Å²) >= 11 is 9.20. The maximum absolute atomic E-state index is 11.8. The molecule has 1 aromatic carbocycles. The molecule has 0 aliphatic rings. The van der Waals surface area contributed by atoms with Crippen LogP contribution in [0, 0.1) is 0 Å². The molecule has 100 valence electrons. The molecule has 0 fully saturated rings. The first kappa shape index (κ1) is 15.4. The summed E-state index contributed by atoms with van der Waals surface area (Å²) in [5.74, 6) is -0.127. The minimum atomic E-state index is -0.127. The van der Waals surface area contributed by atoms with E-state index < -0.39 is 0 Å². The van der Waals surface area contributed by atoms with Crippen LogP contribution in [-0.4, -0.2) is 39.3 Å². The third kappa shape index (κ3) is 5.35. The van der Waals surface area contributed by atoms with Gasteiger partial charge in [-0.2, -0.15) is 0 Å². The van der Waals surface area contributed by atoms with Gasteiger partial charge >= 0.3 is 0 Å². The van der Waals surface area contributed by atoms with E-state index >= 15 is 0 Å². The van der Waals surface area contributed by atoms with Crippen LogP contribution in [0.1, 0.15) is 10.4 Å². The Hall–Kier alpha value is -0.620. The van der Waals surface area contributed by atoms with E-state index in [1.807, 2.05) is 0 Å². The molecule has 0 saturated carbocycles. The zero-order chi connectivity index (χ0) is 13.4. The number of benzene rings is 1. The Morgan fingerprint density at radius 3 is 2.83 bits per heavy atom. The van der Waals surface area contributed by atoms with E-state index in [1.165, 1.54) is 0 Å². The first-order chi connectivity index (χ1) is 8.65. The molecule has 0 aromatic heterocycles. The minimum Gasteiger partial charge on any atom is -0.383 e. The average molecular weight is 336 g/mol. The molecule has 0 unspecified atom stereocenters. The van der Waals surface area contributed by atoms with Crippen LogP contribution >= 0.6 is 27.5 Å². The van der Waals surface area contributed by atoms with Gasteiger partial charge in [0.2, 0.25) is 0 Å². The number of halogens is 2. The number of hydrogen-bond acceptors (Lipinski definition) is 3. The monoisotopic (exact) mass is 334 g/mol. The van der Waals surface area contributed by atoms with E-state index in [0.717, 1.165) is 11.0 Å². The van der Waals surface area contributed by atoms with Gasteiger partial charge in [0.15, 0.2) is 0 Å². The van der Waals surface area contributed by atoms with Crippen molar-refractivity contribution in [2.75, 3.05) is 33.4 Å². The lowest BCUT2D eigenvalue weighted by Gasteiger charge is -2.07. The molecular weight excluding hydrogens is 320 g/mol. The van der Waals surface area contributed by atoms with Crippen LogP contribution in [0.2, 0.25) is 5.02 Å². The molecule has 1 aromatic rings. The lowest BCUT2D eigenvalue weighted by molar-refractivity contribution is 0.0953. The highest BCUT2D eigenvalue weighted by Crippen LogP contribution is 2.22. The second-order valence-electron chi connectivity index (χ2n) is 3.63. The predicted molar refractivity (Wildman–Crippen MR) is 76.2 cm³/mol. The highest BCUT2D eigenvalue weighted by Gasteiger charge is 2.06. The number of nitrogens with one attached hydrogen (secondary N) is 2. The summed E-state index contributed by atoms with van der Waals surface area (Å²) in [5, 5.41) is 6.48. The van der Waals surface area contributed by atoms with Gasteiger partial charge in [-0.25, -0.2) is 0 Å². The van der Waals surface area contributed by atoms with E-state index in [1.54, 1.807) is 25.3 Å². The SMILES string of the molecule is COCCNCCNC(=O)c1ccc(Br)c(Cl)c1. The van der Waals surface area contributed by atoms with Gasteiger partial charge in [-0.3, -0.25) is 4.79 Å². The van der Waals surface area contributed by atoms with E-state index in [0.29, 0.717) is 30.3 Å². The highest BCUT2D eigenvalue weighted by atomic mass is 79.9. The van der Waals surface area contributed by atoms with E-state index in [9.17, 15) is 4.79 Å². The van der Waals surface area contributed by atoms with Crippen LogP contribution in [0.5, 0.6) is 0 Å². The Morgan fingerprint density at radius 1 is 1.39 bits per heavy atom. The van der Waals surface area contributed by atoms with Gasteiger partial charge < -0.3 is 15.4 Å². The maximum Gasteiger partial charge on any atom is 0.251 e. The Kier molecular flexibility index (Phi) is 7.27. The Bertz CT molecular complexity index is 402. The molecule has 0 bridgehead atoms. The average Bonchev–Trinajstić information content (AvgIpc) is 2.36. The third-order valence-electron chi connectivity index (χ3n) is 2.25. The molecule has 18 heavy (non-hydrogen) atoms. The van der Waals surface area contributed by atoms with Crippen molar-refractivity contribution in [1.82, 2.24) is 10.6 Å². The molecule has 0 aliphatic heterocycles. The van der Waals surface area contributed by atoms with Gasteiger partial charge in [0, 0.05) is 36.8 Å². The summed E-state index contributed by atoms with van der Waals surface area (Å²) in [6.45, 7) is 2.71. The van der Waals surface area contributed by atoms with Gasteiger partial charge in [0.05, 0.1) is 11.6 Å². The smallest absolute Gasteiger partial charge is 0.251 e. The largest absolute Gasteiger partial charge is 0.383 e. The Morgan fingerprint density at radius 2 is 2.17 bits per heavy atom. The minimum absolute atomic E-state index is 0.127. The summed E-state index contributed by atoms with van der Waals surface area (Å²) in [4.78, 5) is 11.8. The lowest BCUT2D eigenvalue weighted by atomic mass is 10.2. The van der Waals surface area contributed by atoms with Gasteiger partial charge in [-0.15, -0.1) is 0 Å². The van der Waals surface area contributed by atoms with Crippen molar-refractivity contribution in [3.05, 3.63) is 33.3 Å². The third-order valence-corrected chi connectivity index (χ3v) is 3.48. The molecule has 6 heteroatoms. The number of carbonyl (C=O) groups excluding carboxylic acids is 1. The first-order valence-electron chi connectivity index (χ1n) is 5.58. The van der Waals surface area contributed by atoms with Gasteiger partial charge in [-0.1, -0.05) is 11.6 Å². The second kappa shape index (κ2) is 8.48. The van der Waals surface area contributed by atoms with Crippen LogP contribution in [0.15, 0.2) is 22.7 Å². The lowest BCUT2D eigenvalue weighted by Crippen LogP contribution is -2.33. The van der Waals surface area contributed by atoms with Crippen molar-refractivity contribution in [2.24, 2.45) is 0 Å². The van der Waals surface area contributed by atoms with Crippen molar-refractivity contribution in [3.63, 3.8) is 0 Å². The van der Waals surface area contributed by atoms with Gasteiger partial charge in [0.25, 0.3) is 5.91 Å². The standard InChI is InChI=1S/C12H16BrClN2O2/c1-18-7-6-15-4-5-16-12(17)9-2-3-10(13)11(14)8-9/h2-3,8,15H,4-7H2,1H3,(H,16,17). The first-order valence-corrected chi connectivity index (χ1v) is 6.75. The van der Waals surface area contributed by atoms with E-state index in [2.05, 4.69) is 26.6 Å². The van der Waals surface area contributed by atoms with Crippen LogP contribution in [0.25, 0.3) is 0 Å². The molecule has 0 radical (unpaired) electrons. The summed E-state index contributed by atoms with van der Waals surface area (Å²) in [7, 11) is 1.65. The summed E-state index contributed by atoms with van der Waals surface area (Å²) in [6, 6.07) is 5.12. The topological polar surface area (TPSA) is 50.4 Å². The Balaban J connectivity index is 2.30. The molecule has 0 saturated heterocycles. The van der Waals surface area contributed by atoms with Crippen molar-refractivity contribution in [2.45, 2.75) is 0 Å². The van der Waals surface area contributed by atoms with Gasteiger partial charge in [0.1, 0.15) is 0 Å². The van der Waals surface area contributed by atoms with Crippen molar-refractivity contribution >= 4 is 33.4 Å². The Labute approximate surface area is 120 Å². The van der Waals surface area contributed by atoms with Crippen molar-refractivity contribution < 1.29 is 9.53 Å². The van der Waals surface area contributed by atoms with Gasteiger partial charge in [-0.05, 0) is 34.1 Å². The molecule has 0 heterocycles. The zero-order valence-electron chi connectivity index (χ0n) is 10.1. The molecule has 4 nitrogen and oxygen atoms in total. The number of carbonyl (C=O) groups is 1. The van der Waals surface area contributed by atoms with Crippen LogP contribution in [-0.2, 0) is 4.74 Å². The molecule has 0 spiro atoms. The molecule has 0 atom stereocenters. The maximum atomic E-state index is 11.8. The van der Waals surface area contributed by atoms with Crippen molar-refractivity contribution in [1.29, 1.82) is 0 Å². The fraction of sp³-hybridized carbons (Fsp3) is 0.417. The fourth-order valence-corrected chi connectivity index (χ4v) is 1.73. The second-order valence-corrected chi connectivity index (χ2v) is 4.89. The number of methoxy groups -OCH3 is 1. The van der Waals surface area contributed by atoms with Crippen molar-refractivity contribution in [3.8, 4) is 0 Å². The molecular formula is C12H16BrClN2O2. The molecule has 1 rings (SSSR count). The highest BCUT2D eigenvalue weighted by molar-refractivity contribution is 9.10. The molecule has 2 N–H and O–H groups in total. The number of hydrogen-bond donors (Lipinski definition) is 2. The van der Waals surface area contributed by atoms with E-state index in [4.69, 9.17) is 16.3 Å². The summed E-state index contributed by atoms with van der Waals surface area (Å²) in [5.41, 5.74) is 0.556. The normalized spacial score (nSPS) is 10.4. The number of ether oxygens (including phenoxy) is 1. The molecule has 0 aliphatic carbocycles. The quantitative estimate of drug-likeness (QED) is 0.750. The number of amides is 1. The summed E-state index contributed by atoms with van der Waals surface area (Å²) in [6.07, 6.45) is 0. The fourth-order valence-electron chi connectivity index (χ4n) is 1.30. The van der Waals surface area contributed by atoms with Crippen LogP contribution in [0.4, 0.5) is 0 Å². The molecule has 1 amide bonds.